The van der Waals surface area contributed by atoms with Gasteiger partial charge in [-0.3, -0.25) is 14.5 Å². The second-order valence-electron chi connectivity index (χ2n) is 8.01. The third-order valence-electron chi connectivity index (χ3n) is 6.20. The number of halogens is 1. The Morgan fingerprint density at radius 1 is 0.906 bits per heavy atom. The predicted octanol–water partition coefficient (Wildman–Crippen LogP) is 2.79. The van der Waals surface area contributed by atoms with Gasteiger partial charge in [0, 0.05) is 32.7 Å². The molecule has 2 aromatic carbocycles. The number of imide groups is 1. The number of carbonyl (C=O) groups excluding carboxylic acids is 2. The molecular weight excluding hydrogens is 409 g/mol. The third kappa shape index (κ3) is 4.39. The molecule has 2 amide bonds. The van der Waals surface area contributed by atoms with Gasteiger partial charge in [0.1, 0.15) is 17.3 Å². The summed E-state index contributed by atoms with van der Waals surface area (Å²) in [5.41, 5.74) is 2.39. The number of nitrogens with zero attached hydrogens (tertiary/aromatic N) is 3. The van der Waals surface area contributed by atoms with Crippen LogP contribution in [0, 0.1) is 5.82 Å². The second kappa shape index (κ2) is 9.53. The molecule has 1 fully saturated rings. The fraction of sp³-hybridized carbons (Fsp3) is 0.360. The molecule has 0 N–H and O–H groups in total. The van der Waals surface area contributed by atoms with Crippen molar-refractivity contribution in [3.8, 4) is 5.75 Å². The Bertz CT molecular complexity index is 1010. The van der Waals surface area contributed by atoms with Crippen molar-refractivity contribution in [1.82, 2.24) is 14.7 Å². The molecule has 0 unspecified atom stereocenters. The van der Waals surface area contributed by atoms with Crippen molar-refractivity contribution < 1.29 is 18.7 Å². The van der Waals surface area contributed by atoms with Crippen molar-refractivity contribution in [3.63, 3.8) is 0 Å². The third-order valence-corrected chi connectivity index (χ3v) is 6.20. The average Bonchev–Trinajstić information content (AvgIpc) is 3.08. The van der Waals surface area contributed by atoms with E-state index in [4.69, 9.17) is 4.74 Å². The van der Waals surface area contributed by atoms with Crippen LogP contribution in [0.3, 0.4) is 0 Å². The van der Waals surface area contributed by atoms with Crippen LogP contribution < -0.4 is 4.74 Å². The number of benzene rings is 2. The fourth-order valence-corrected chi connectivity index (χ4v) is 4.26. The van der Waals surface area contributed by atoms with Gasteiger partial charge in [-0.2, -0.15) is 0 Å². The lowest BCUT2D eigenvalue weighted by Crippen LogP contribution is -2.47. The Morgan fingerprint density at radius 2 is 1.56 bits per heavy atom. The number of hydrogen-bond donors (Lipinski definition) is 0. The summed E-state index contributed by atoms with van der Waals surface area (Å²) in [5, 5.41) is 0. The molecule has 0 bridgehead atoms. The lowest BCUT2D eigenvalue weighted by atomic mass is 10.0. The Kier molecular flexibility index (Phi) is 6.55. The summed E-state index contributed by atoms with van der Waals surface area (Å²) in [5.74, 6) is -0.202. The molecule has 2 heterocycles. The van der Waals surface area contributed by atoms with Crippen LogP contribution >= 0.6 is 0 Å². The number of methoxy groups -OCH3 is 1. The smallest absolute Gasteiger partial charge is 0.277 e. The van der Waals surface area contributed by atoms with Crippen LogP contribution in [0.15, 0.2) is 54.2 Å². The summed E-state index contributed by atoms with van der Waals surface area (Å²) in [6, 6.07) is 13.4. The van der Waals surface area contributed by atoms with Crippen LogP contribution in [0.5, 0.6) is 5.75 Å². The first-order chi connectivity index (χ1) is 15.5. The first-order valence-corrected chi connectivity index (χ1v) is 11.0. The van der Waals surface area contributed by atoms with E-state index >= 15 is 0 Å². The Labute approximate surface area is 187 Å². The number of amides is 2. The monoisotopic (exact) mass is 437 g/mol. The molecule has 0 aliphatic carbocycles. The van der Waals surface area contributed by atoms with Gasteiger partial charge < -0.3 is 14.5 Å². The average molecular weight is 438 g/mol. The van der Waals surface area contributed by atoms with Crippen molar-refractivity contribution in [2.24, 2.45) is 0 Å². The molecule has 0 aromatic heterocycles. The summed E-state index contributed by atoms with van der Waals surface area (Å²) >= 11 is 0. The highest BCUT2D eigenvalue weighted by Gasteiger charge is 2.41. The minimum Gasteiger partial charge on any atom is -0.497 e. The minimum atomic E-state index is -0.374. The van der Waals surface area contributed by atoms with Gasteiger partial charge in [-0.1, -0.05) is 31.2 Å². The summed E-state index contributed by atoms with van der Waals surface area (Å²) in [4.78, 5) is 32.5. The number of piperazine rings is 1. The van der Waals surface area contributed by atoms with E-state index in [0.717, 1.165) is 30.9 Å². The van der Waals surface area contributed by atoms with Crippen LogP contribution in [0.2, 0.25) is 0 Å². The Balaban J connectivity index is 1.59. The zero-order valence-electron chi connectivity index (χ0n) is 18.5. The molecule has 2 aliphatic rings. The SMILES string of the molecule is CCN1CCN(C2=C(c3ccc(F)cc3)C(=O)N(CCc3ccc(OC)cc3)C2=O)CC1. The maximum atomic E-state index is 13.5. The minimum absolute atomic E-state index is 0.271. The maximum Gasteiger partial charge on any atom is 0.277 e. The molecule has 2 aromatic rings. The van der Waals surface area contributed by atoms with Gasteiger partial charge in [-0.05, 0) is 48.4 Å². The zero-order chi connectivity index (χ0) is 22.7. The number of hydrogen-bond acceptors (Lipinski definition) is 5. The van der Waals surface area contributed by atoms with Crippen molar-refractivity contribution in [2.75, 3.05) is 46.4 Å². The van der Waals surface area contributed by atoms with Crippen LogP contribution in [0.4, 0.5) is 4.39 Å². The number of carbonyl (C=O) groups is 2. The molecule has 0 saturated carbocycles. The summed E-state index contributed by atoms with van der Waals surface area (Å²) < 4.78 is 18.7. The van der Waals surface area contributed by atoms with E-state index in [-0.39, 0.29) is 24.2 Å². The predicted molar refractivity (Wildman–Crippen MR) is 120 cm³/mol. The lowest BCUT2D eigenvalue weighted by molar-refractivity contribution is -0.137. The van der Waals surface area contributed by atoms with Gasteiger partial charge in [0.05, 0.1) is 12.7 Å². The topological polar surface area (TPSA) is 53.1 Å². The summed E-state index contributed by atoms with van der Waals surface area (Å²) in [6.07, 6.45) is 0.551. The molecule has 168 valence electrons. The van der Waals surface area contributed by atoms with Gasteiger partial charge in [-0.15, -0.1) is 0 Å². The van der Waals surface area contributed by atoms with E-state index in [9.17, 15) is 14.0 Å². The van der Waals surface area contributed by atoms with Crippen molar-refractivity contribution >= 4 is 17.4 Å². The van der Waals surface area contributed by atoms with Gasteiger partial charge in [-0.25, -0.2) is 4.39 Å². The molecule has 0 spiro atoms. The molecule has 1 saturated heterocycles. The van der Waals surface area contributed by atoms with E-state index in [1.807, 2.05) is 29.2 Å². The van der Waals surface area contributed by atoms with Crippen molar-refractivity contribution in [1.29, 1.82) is 0 Å². The van der Waals surface area contributed by atoms with Gasteiger partial charge in [0.15, 0.2) is 0 Å². The van der Waals surface area contributed by atoms with Gasteiger partial charge in [0.25, 0.3) is 11.8 Å². The molecule has 0 atom stereocenters. The fourth-order valence-electron chi connectivity index (χ4n) is 4.26. The maximum absolute atomic E-state index is 13.5. The molecule has 6 nitrogen and oxygen atoms in total. The lowest BCUT2D eigenvalue weighted by Gasteiger charge is -2.36. The quantitative estimate of drug-likeness (QED) is 0.624. The van der Waals surface area contributed by atoms with E-state index in [1.54, 1.807) is 19.2 Å². The number of likely N-dealkylation sites (N-methyl/N-ethyl adjacent to an activating group) is 1. The van der Waals surface area contributed by atoms with Crippen LogP contribution in [0.1, 0.15) is 18.1 Å². The van der Waals surface area contributed by atoms with E-state index in [1.165, 1.54) is 17.0 Å². The van der Waals surface area contributed by atoms with Crippen LogP contribution in [0.25, 0.3) is 5.57 Å². The van der Waals surface area contributed by atoms with E-state index in [0.29, 0.717) is 36.3 Å². The second-order valence-corrected chi connectivity index (χ2v) is 8.01. The molecule has 4 rings (SSSR count). The largest absolute Gasteiger partial charge is 0.497 e. The molecule has 32 heavy (non-hydrogen) atoms. The van der Waals surface area contributed by atoms with Crippen LogP contribution in [-0.2, 0) is 16.0 Å². The molecule has 0 radical (unpaired) electrons. The zero-order valence-corrected chi connectivity index (χ0v) is 18.5. The summed E-state index contributed by atoms with van der Waals surface area (Å²) in [6.45, 7) is 6.39. The number of rotatable bonds is 7. The van der Waals surface area contributed by atoms with E-state index in [2.05, 4.69) is 11.8 Å². The van der Waals surface area contributed by atoms with Crippen molar-refractivity contribution in [3.05, 3.63) is 71.2 Å². The normalized spacial score (nSPS) is 17.5. The molecule has 7 heteroatoms. The molecule has 2 aliphatic heterocycles. The Morgan fingerprint density at radius 3 is 2.16 bits per heavy atom. The standard InChI is InChI=1S/C25H28FN3O3/c1-3-27-14-16-28(17-15-27)23-22(19-6-8-20(26)9-7-19)24(30)29(25(23)31)13-12-18-4-10-21(32-2)11-5-18/h4-11H,3,12-17H2,1-2H3. The Hall–Kier alpha value is -3.19. The highest BCUT2D eigenvalue weighted by atomic mass is 19.1. The molecular formula is C25H28FN3O3. The first kappa shape index (κ1) is 22.0. The van der Waals surface area contributed by atoms with Gasteiger partial charge in [0.2, 0.25) is 0 Å². The number of ether oxygens (including phenoxy) is 1. The first-order valence-electron chi connectivity index (χ1n) is 11.0. The van der Waals surface area contributed by atoms with Crippen molar-refractivity contribution in [2.45, 2.75) is 13.3 Å². The highest BCUT2D eigenvalue weighted by molar-refractivity contribution is 6.35. The van der Waals surface area contributed by atoms with Gasteiger partial charge >= 0.3 is 0 Å². The highest BCUT2D eigenvalue weighted by Crippen LogP contribution is 2.32. The summed E-state index contributed by atoms with van der Waals surface area (Å²) in [7, 11) is 1.61. The van der Waals surface area contributed by atoms with E-state index < -0.39 is 0 Å². The van der Waals surface area contributed by atoms with Crippen LogP contribution in [-0.4, -0.2) is 72.9 Å².